The third-order valence-corrected chi connectivity index (χ3v) is 6.94. The molecule has 176 valence electrons. The van der Waals surface area contributed by atoms with Gasteiger partial charge in [-0.05, 0) is 12.8 Å². The van der Waals surface area contributed by atoms with Crippen molar-refractivity contribution in [1.29, 1.82) is 0 Å². The molecule has 1 aliphatic rings. The lowest BCUT2D eigenvalue weighted by Crippen LogP contribution is -2.62. The van der Waals surface area contributed by atoms with Crippen molar-refractivity contribution in [3.05, 3.63) is 11.8 Å². The first-order valence-corrected chi connectivity index (χ1v) is 12.8. The minimum Gasteiger partial charge on any atom is -0.475 e. The molecule has 0 radical (unpaired) electrons. The number of aromatic nitrogens is 2. The van der Waals surface area contributed by atoms with Crippen LogP contribution in [0, 0.1) is 0 Å². The Morgan fingerprint density at radius 2 is 1.81 bits per heavy atom. The fraction of sp³-hybridized carbons (Fsp3) is 0.792. The van der Waals surface area contributed by atoms with Crippen LogP contribution in [0.3, 0.4) is 0 Å². The molecule has 0 fully saturated rings. The van der Waals surface area contributed by atoms with Gasteiger partial charge in [0.15, 0.2) is 0 Å². The molecular formula is C24H42N3O3S+. The van der Waals surface area contributed by atoms with E-state index in [2.05, 4.69) is 35.7 Å². The molecule has 0 N–H and O–H groups in total. The minimum atomic E-state index is -0.605. The van der Waals surface area contributed by atoms with Gasteiger partial charge in [-0.15, -0.1) is 4.37 Å². The molecule has 31 heavy (non-hydrogen) atoms. The Labute approximate surface area is 192 Å². The van der Waals surface area contributed by atoms with E-state index in [1.54, 1.807) is 0 Å². The van der Waals surface area contributed by atoms with Crippen molar-refractivity contribution in [3.63, 3.8) is 0 Å². The zero-order valence-corrected chi connectivity index (χ0v) is 21.1. The Hall–Kier alpha value is -1.47. The average Bonchev–Trinajstić information content (AvgIpc) is 3.19. The van der Waals surface area contributed by atoms with E-state index in [-0.39, 0.29) is 5.97 Å². The number of quaternary nitrogens is 1. The Balaban J connectivity index is 1.98. The molecule has 2 rings (SSSR count). The van der Waals surface area contributed by atoms with Crippen LogP contribution in [0.4, 0.5) is 0 Å². The lowest BCUT2D eigenvalue weighted by molar-refractivity contribution is -0.971. The lowest BCUT2D eigenvalue weighted by Gasteiger charge is -2.47. The van der Waals surface area contributed by atoms with Crippen LogP contribution in [0.25, 0.3) is 5.57 Å². The first-order chi connectivity index (χ1) is 14.8. The highest BCUT2D eigenvalue weighted by atomic mass is 32.1. The second-order valence-corrected chi connectivity index (χ2v) is 9.88. The normalized spacial score (nSPS) is 19.2. The third-order valence-electron chi connectivity index (χ3n) is 6.43. The highest BCUT2D eigenvalue weighted by Gasteiger charge is 2.45. The summed E-state index contributed by atoms with van der Waals surface area (Å²) in [5.74, 6) is 0.551. The summed E-state index contributed by atoms with van der Waals surface area (Å²) < 4.78 is 21.5. The highest BCUT2D eigenvalue weighted by molar-refractivity contribution is 6.99. The molecule has 0 bridgehead atoms. The quantitative estimate of drug-likeness (QED) is 0.197. The standard InChI is InChI=1S/C24H42N3O3S/c1-6-8-10-12-16-21(28)30-24(3,4)27(5)17-14-15-20(19-27)22-23(26-31-25-22)29-18-13-11-9-7-2/h15H,6-14,16-19H2,1-5H3/q+1. The number of likely N-dealkylation sites (N-methyl/N-ethyl adjacent to an activating group) is 1. The minimum absolute atomic E-state index is 0.0945. The van der Waals surface area contributed by atoms with Gasteiger partial charge < -0.3 is 9.47 Å². The number of hydrogen-bond acceptors (Lipinski definition) is 6. The van der Waals surface area contributed by atoms with Gasteiger partial charge in [0, 0.05) is 32.3 Å². The van der Waals surface area contributed by atoms with Gasteiger partial charge in [0.2, 0.25) is 5.72 Å². The van der Waals surface area contributed by atoms with Gasteiger partial charge in [0.25, 0.3) is 5.88 Å². The molecule has 1 aliphatic heterocycles. The monoisotopic (exact) mass is 452 g/mol. The van der Waals surface area contributed by atoms with Gasteiger partial charge in [-0.25, -0.2) is 0 Å². The van der Waals surface area contributed by atoms with Crippen molar-refractivity contribution in [2.24, 2.45) is 0 Å². The molecule has 0 saturated carbocycles. The van der Waals surface area contributed by atoms with Gasteiger partial charge in [0.05, 0.1) is 31.9 Å². The van der Waals surface area contributed by atoms with E-state index in [0.29, 0.717) is 23.4 Å². The molecule has 0 aromatic carbocycles. The van der Waals surface area contributed by atoms with Gasteiger partial charge in [-0.3, -0.25) is 9.28 Å². The summed E-state index contributed by atoms with van der Waals surface area (Å²) in [7, 11) is 2.17. The van der Waals surface area contributed by atoms with Crippen LogP contribution in [-0.2, 0) is 9.53 Å². The van der Waals surface area contributed by atoms with Crippen LogP contribution >= 0.6 is 11.7 Å². The summed E-state index contributed by atoms with van der Waals surface area (Å²) in [6, 6.07) is 0. The smallest absolute Gasteiger partial charge is 0.310 e. The fourth-order valence-electron chi connectivity index (χ4n) is 3.98. The van der Waals surface area contributed by atoms with E-state index in [1.807, 2.05) is 13.8 Å². The zero-order chi connectivity index (χ0) is 22.7. The topological polar surface area (TPSA) is 61.3 Å². The number of hydrogen-bond donors (Lipinski definition) is 0. The van der Waals surface area contributed by atoms with E-state index in [1.165, 1.54) is 43.8 Å². The first kappa shape index (κ1) is 25.8. The predicted molar refractivity (Wildman–Crippen MR) is 127 cm³/mol. The van der Waals surface area contributed by atoms with Crippen LogP contribution in [0.2, 0.25) is 0 Å². The van der Waals surface area contributed by atoms with Crippen molar-refractivity contribution < 1.29 is 18.8 Å². The molecule has 1 atom stereocenters. The molecule has 0 aliphatic carbocycles. The number of carbonyl (C=O) groups is 1. The summed E-state index contributed by atoms with van der Waals surface area (Å²) in [4.78, 5) is 12.5. The second-order valence-electron chi connectivity index (χ2n) is 9.35. The molecule has 1 unspecified atom stereocenters. The van der Waals surface area contributed by atoms with Crippen molar-refractivity contribution >= 4 is 23.3 Å². The van der Waals surface area contributed by atoms with E-state index in [9.17, 15) is 4.79 Å². The molecule has 1 aromatic heterocycles. The zero-order valence-electron chi connectivity index (χ0n) is 20.2. The number of ether oxygens (including phenoxy) is 2. The maximum absolute atomic E-state index is 12.5. The van der Waals surface area contributed by atoms with E-state index in [0.717, 1.165) is 50.0 Å². The number of unbranched alkanes of at least 4 members (excludes halogenated alkanes) is 6. The Morgan fingerprint density at radius 1 is 1.10 bits per heavy atom. The van der Waals surface area contributed by atoms with Crippen LogP contribution in [0.5, 0.6) is 5.88 Å². The SMILES string of the molecule is CCCCCCOc1nsnc1C1=CCC[N+](C)(C(C)(C)OC(=O)CCCCCC)C1. The number of nitrogens with zero attached hydrogens (tertiary/aromatic N) is 3. The maximum atomic E-state index is 12.5. The lowest BCUT2D eigenvalue weighted by atomic mass is 10.0. The van der Waals surface area contributed by atoms with Crippen LogP contribution in [0.15, 0.2) is 6.08 Å². The average molecular weight is 453 g/mol. The molecule has 2 heterocycles. The summed E-state index contributed by atoms with van der Waals surface area (Å²) in [6.45, 7) is 10.8. The second kappa shape index (κ2) is 12.5. The first-order valence-electron chi connectivity index (χ1n) is 12.0. The van der Waals surface area contributed by atoms with Crippen molar-refractivity contribution in [1.82, 2.24) is 8.75 Å². The summed E-state index contributed by atoms with van der Waals surface area (Å²) in [5, 5.41) is 0. The number of rotatable bonds is 14. The summed E-state index contributed by atoms with van der Waals surface area (Å²) in [5.41, 5.74) is 1.38. The highest BCUT2D eigenvalue weighted by Crippen LogP contribution is 2.35. The van der Waals surface area contributed by atoms with E-state index >= 15 is 0 Å². The summed E-state index contributed by atoms with van der Waals surface area (Å²) in [6.07, 6.45) is 12.6. The number of carbonyl (C=O) groups excluding carboxylic acids is 1. The molecule has 0 spiro atoms. The van der Waals surface area contributed by atoms with Gasteiger partial charge in [-0.1, -0.05) is 58.4 Å². The Kier molecular flexibility index (Phi) is 10.4. The van der Waals surface area contributed by atoms with E-state index < -0.39 is 5.72 Å². The Bertz CT molecular complexity index is 717. The van der Waals surface area contributed by atoms with Gasteiger partial charge in [0.1, 0.15) is 12.2 Å². The maximum Gasteiger partial charge on any atom is 0.310 e. The van der Waals surface area contributed by atoms with Crippen molar-refractivity contribution in [3.8, 4) is 5.88 Å². The van der Waals surface area contributed by atoms with Gasteiger partial charge >= 0.3 is 5.97 Å². The van der Waals surface area contributed by atoms with Crippen LogP contribution < -0.4 is 4.74 Å². The van der Waals surface area contributed by atoms with Crippen LogP contribution in [0.1, 0.15) is 97.6 Å². The predicted octanol–water partition coefficient (Wildman–Crippen LogP) is 5.98. The molecule has 0 saturated heterocycles. The fourth-order valence-corrected chi connectivity index (χ4v) is 4.51. The third kappa shape index (κ3) is 7.56. The molecule has 6 nitrogen and oxygen atoms in total. The Morgan fingerprint density at radius 3 is 2.52 bits per heavy atom. The van der Waals surface area contributed by atoms with Crippen molar-refractivity contribution in [2.75, 3.05) is 26.7 Å². The molecular weight excluding hydrogens is 410 g/mol. The van der Waals surface area contributed by atoms with Crippen LogP contribution in [-0.4, -0.2) is 51.7 Å². The van der Waals surface area contributed by atoms with E-state index in [4.69, 9.17) is 9.47 Å². The largest absolute Gasteiger partial charge is 0.475 e. The number of esters is 1. The molecule has 0 amide bonds. The molecule has 7 heteroatoms. The van der Waals surface area contributed by atoms with Gasteiger partial charge in [-0.2, -0.15) is 4.37 Å². The molecule has 1 aromatic rings. The summed E-state index contributed by atoms with van der Waals surface area (Å²) >= 11 is 1.20. The van der Waals surface area contributed by atoms with Crippen molar-refractivity contribution in [2.45, 2.75) is 97.6 Å².